The number of hydrogen-bond donors (Lipinski definition) is 1. The van der Waals surface area contributed by atoms with Gasteiger partial charge in [-0.05, 0) is 29.4 Å². The van der Waals surface area contributed by atoms with E-state index in [4.69, 9.17) is 5.11 Å². The van der Waals surface area contributed by atoms with Gasteiger partial charge >= 0.3 is 0 Å². The maximum Gasteiger partial charge on any atom is 0.0681 e. The van der Waals surface area contributed by atoms with Gasteiger partial charge < -0.3 is 5.11 Å². The van der Waals surface area contributed by atoms with Gasteiger partial charge in [0.05, 0.1) is 6.61 Å². The lowest BCUT2D eigenvalue weighted by molar-refractivity contribution is 0.282. The normalized spacial score (nSPS) is 11.7. The van der Waals surface area contributed by atoms with Gasteiger partial charge in [0.2, 0.25) is 0 Å². The first kappa shape index (κ1) is 11.3. The topological polar surface area (TPSA) is 20.2 Å². The summed E-state index contributed by atoms with van der Waals surface area (Å²) < 4.78 is 0. The molecule has 1 aromatic carbocycles. The van der Waals surface area contributed by atoms with Crippen LogP contribution in [0.3, 0.4) is 0 Å². The lowest BCUT2D eigenvalue weighted by Gasteiger charge is -2.17. The lowest BCUT2D eigenvalue weighted by Crippen LogP contribution is -2.06. The molecule has 1 aromatic rings. The van der Waals surface area contributed by atoms with E-state index in [2.05, 4.69) is 32.9 Å². The van der Waals surface area contributed by atoms with E-state index in [0.717, 1.165) is 12.0 Å². The number of hydrogen-bond acceptors (Lipinski definition) is 1. The summed E-state index contributed by atoms with van der Waals surface area (Å²) in [5.74, 6) is 0. The van der Waals surface area contributed by atoms with Crippen molar-refractivity contribution in [3.8, 4) is 0 Å². The average Bonchev–Trinajstić information content (AvgIpc) is 2.14. The van der Waals surface area contributed by atoms with Gasteiger partial charge in [-0.15, -0.1) is 0 Å². The molecular formula is C13H20O. The second-order valence-electron chi connectivity index (χ2n) is 5.04. The van der Waals surface area contributed by atoms with E-state index in [-0.39, 0.29) is 6.61 Å². The Balaban J connectivity index is 2.52. The van der Waals surface area contributed by atoms with Crippen LogP contribution >= 0.6 is 0 Å². The molecular weight excluding hydrogens is 172 g/mol. The van der Waals surface area contributed by atoms with Crippen LogP contribution in [-0.4, -0.2) is 5.11 Å². The molecule has 14 heavy (non-hydrogen) atoms. The van der Waals surface area contributed by atoms with Crippen LogP contribution in [0, 0.1) is 5.41 Å². The van der Waals surface area contributed by atoms with Crippen molar-refractivity contribution in [2.24, 2.45) is 5.41 Å². The molecule has 0 bridgehead atoms. The fourth-order valence-electron chi connectivity index (χ4n) is 1.33. The first-order valence-corrected chi connectivity index (χ1v) is 5.20. The molecule has 0 saturated heterocycles. The zero-order chi connectivity index (χ0) is 10.6. The summed E-state index contributed by atoms with van der Waals surface area (Å²) in [5, 5.41) is 8.89. The molecule has 1 rings (SSSR count). The quantitative estimate of drug-likeness (QED) is 0.780. The summed E-state index contributed by atoms with van der Waals surface area (Å²) in [4.78, 5) is 0. The van der Waals surface area contributed by atoms with Crippen molar-refractivity contribution < 1.29 is 5.11 Å². The molecule has 0 aliphatic heterocycles. The molecule has 1 heteroatoms. The molecule has 0 atom stereocenters. The van der Waals surface area contributed by atoms with Crippen molar-refractivity contribution in [1.82, 2.24) is 0 Å². The molecule has 0 spiro atoms. The third kappa shape index (κ3) is 3.93. The van der Waals surface area contributed by atoms with Gasteiger partial charge in [-0.25, -0.2) is 0 Å². The highest BCUT2D eigenvalue weighted by atomic mass is 16.3. The Bertz CT molecular complexity index is 266. The maximum absolute atomic E-state index is 8.89. The fourth-order valence-corrected chi connectivity index (χ4v) is 1.33. The van der Waals surface area contributed by atoms with Gasteiger partial charge in [0.1, 0.15) is 0 Å². The van der Waals surface area contributed by atoms with Crippen LogP contribution in [0.2, 0.25) is 0 Å². The first-order chi connectivity index (χ1) is 6.51. The van der Waals surface area contributed by atoms with Gasteiger partial charge in [0.15, 0.2) is 0 Å². The molecule has 1 N–H and O–H groups in total. The monoisotopic (exact) mass is 192 g/mol. The van der Waals surface area contributed by atoms with E-state index < -0.39 is 0 Å². The third-order valence-electron chi connectivity index (χ3n) is 2.37. The summed E-state index contributed by atoms with van der Waals surface area (Å²) in [5.41, 5.74) is 2.75. The minimum atomic E-state index is 0.138. The Hall–Kier alpha value is -0.820. The molecule has 0 radical (unpaired) electrons. The largest absolute Gasteiger partial charge is 0.392 e. The zero-order valence-electron chi connectivity index (χ0n) is 9.38. The van der Waals surface area contributed by atoms with Crippen LogP contribution in [0.15, 0.2) is 24.3 Å². The standard InChI is InChI=1S/C13H20O/c1-13(2,3)9-8-11-4-6-12(10-14)7-5-11/h4-7,14H,8-10H2,1-3H3. The smallest absolute Gasteiger partial charge is 0.0681 e. The Morgan fingerprint density at radius 1 is 1.00 bits per heavy atom. The third-order valence-corrected chi connectivity index (χ3v) is 2.37. The van der Waals surface area contributed by atoms with E-state index in [9.17, 15) is 0 Å². The minimum absolute atomic E-state index is 0.138. The van der Waals surface area contributed by atoms with Gasteiger partial charge in [-0.3, -0.25) is 0 Å². The molecule has 0 saturated carbocycles. The first-order valence-electron chi connectivity index (χ1n) is 5.20. The van der Waals surface area contributed by atoms with Crippen LogP contribution in [0.25, 0.3) is 0 Å². The average molecular weight is 192 g/mol. The van der Waals surface area contributed by atoms with Gasteiger partial charge in [0, 0.05) is 0 Å². The van der Waals surface area contributed by atoms with E-state index in [1.807, 2.05) is 12.1 Å². The van der Waals surface area contributed by atoms with Crippen LogP contribution < -0.4 is 0 Å². The molecule has 0 aromatic heterocycles. The number of aliphatic hydroxyl groups is 1. The molecule has 0 unspecified atom stereocenters. The summed E-state index contributed by atoms with van der Waals surface area (Å²) >= 11 is 0. The fraction of sp³-hybridized carbons (Fsp3) is 0.538. The molecule has 1 nitrogen and oxygen atoms in total. The van der Waals surface area contributed by atoms with Crippen molar-refractivity contribution in [3.63, 3.8) is 0 Å². The van der Waals surface area contributed by atoms with E-state index >= 15 is 0 Å². The molecule has 0 aliphatic carbocycles. The highest BCUT2D eigenvalue weighted by Crippen LogP contribution is 2.21. The molecule has 0 aliphatic rings. The van der Waals surface area contributed by atoms with E-state index in [1.54, 1.807) is 0 Å². The summed E-state index contributed by atoms with van der Waals surface area (Å²) in [6.07, 6.45) is 2.32. The van der Waals surface area contributed by atoms with Gasteiger partial charge in [-0.2, -0.15) is 0 Å². The second kappa shape index (κ2) is 4.61. The predicted octanol–water partition coefficient (Wildman–Crippen LogP) is 3.16. The Morgan fingerprint density at radius 3 is 1.93 bits per heavy atom. The van der Waals surface area contributed by atoms with Crippen molar-refractivity contribution in [2.75, 3.05) is 0 Å². The predicted molar refractivity (Wildman–Crippen MR) is 60.1 cm³/mol. The molecule has 0 fully saturated rings. The van der Waals surface area contributed by atoms with Crippen LogP contribution in [-0.2, 0) is 13.0 Å². The number of aliphatic hydroxyl groups excluding tert-OH is 1. The molecule has 0 amide bonds. The van der Waals surface area contributed by atoms with E-state index in [0.29, 0.717) is 5.41 Å². The SMILES string of the molecule is CC(C)(C)CCc1ccc(CO)cc1. The Kier molecular flexibility index (Phi) is 3.70. The van der Waals surface area contributed by atoms with Gasteiger partial charge in [0.25, 0.3) is 0 Å². The Morgan fingerprint density at radius 2 is 1.50 bits per heavy atom. The minimum Gasteiger partial charge on any atom is -0.392 e. The lowest BCUT2D eigenvalue weighted by atomic mass is 9.88. The van der Waals surface area contributed by atoms with Gasteiger partial charge in [-0.1, -0.05) is 45.0 Å². The number of aryl methyl sites for hydroxylation is 1. The second-order valence-corrected chi connectivity index (χ2v) is 5.04. The van der Waals surface area contributed by atoms with Crippen LogP contribution in [0.4, 0.5) is 0 Å². The number of benzene rings is 1. The van der Waals surface area contributed by atoms with E-state index in [1.165, 1.54) is 12.0 Å². The van der Waals surface area contributed by atoms with Crippen molar-refractivity contribution >= 4 is 0 Å². The molecule has 78 valence electrons. The maximum atomic E-state index is 8.89. The van der Waals surface area contributed by atoms with Crippen molar-refractivity contribution in [1.29, 1.82) is 0 Å². The molecule has 0 heterocycles. The zero-order valence-corrected chi connectivity index (χ0v) is 9.38. The van der Waals surface area contributed by atoms with Crippen LogP contribution in [0.5, 0.6) is 0 Å². The highest BCUT2D eigenvalue weighted by Gasteiger charge is 2.09. The summed E-state index contributed by atoms with van der Waals surface area (Å²) in [6.45, 7) is 6.92. The van der Waals surface area contributed by atoms with Crippen LogP contribution in [0.1, 0.15) is 38.3 Å². The Labute approximate surface area is 86.8 Å². The van der Waals surface area contributed by atoms with Crippen molar-refractivity contribution in [3.05, 3.63) is 35.4 Å². The summed E-state index contributed by atoms with van der Waals surface area (Å²) in [6, 6.07) is 8.21. The van der Waals surface area contributed by atoms with Crippen molar-refractivity contribution in [2.45, 2.75) is 40.2 Å². The number of rotatable bonds is 3. The highest BCUT2D eigenvalue weighted by molar-refractivity contribution is 5.22. The summed E-state index contributed by atoms with van der Waals surface area (Å²) in [7, 11) is 0.